The van der Waals surface area contributed by atoms with Crippen LogP contribution in [0.1, 0.15) is 12.1 Å². The van der Waals surface area contributed by atoms with Crippen molar-refractivity contribution in [2.75, 3.05) is 11.9 Å². The predicted octanol–water partition coefficient (Wildman–Crippen LogP) is 2.94. The highest BCUT2D eigenvalue weighted by Crippen LogP contribution is 2.23. The molecule has 0 aliphatic carbocycles. The van der Waals surface area contributed by atoms with Gasteiger partial charge in [0.15, 0.2) is 0 Å². The van der Waals surface area contributed by atoms with Crippen LogP contribution in [0.4, 0.5) is 5.82 Å². The molecular formula is C15H12N4S. The molecule has 3 aromatic rings. The molecule has 3 rings (SSSR count). The van der Waals surface area contributed by atoms with Crippen LogP contribution < -0.4 is 5.32 Å². The van der Waals surface area contributed by atoms with Gasteiger partial charge in [0.05, 0.1) is 5.39 Å². The van der Waals surface area contributed by atoms with E-state index in [4.69, 9.17) is 0 Å². The van der Waals surface area contributed by atoms with E-state index in [9.17, 15) is 0 Å². The predicted molar refractivity (Wildman–Crippen MR) is 81.6 cm³/mol. The van der Waals surface area contributed by atoms with Crippen molar-refractivity contribution >= 4 is 27.4 Å². The average molecular weight is 280 g/mol. The topological polar surface area (TPSA) is 50.7 Å². The molecule has 0 fully saturated rings. The number of hydrogen-bond acceptors (Lipinski definition) is 5. The third-order valence-corrected chi connectivity index (χ3v) is 3.51. The second-order valence-electron chi connectivity index (χ2n) is 4.06. The standard InChI is InChI=1S/C15H12N4S/c1-3-8-16-12(5-1)6-2-4-9-17-14-13-7-10-20-15(13)19-11-18-14/h1,3,5,7-8,10-11H,4,9H2,(H,17,18,19). The van der Waals surface area contributed by atoms with Crippen molar-refractivity contribution in [1.29, 1.82) is 0 Å². The van der Waals surface area contributed by atoms with Crippen LogP contribution in [-0.2, 0) is 0 Å². The Balaban J connectivity index is 1.58. The molecule has 0 aliphatic rings. The zero-order chi connectivity index (χ0) is 13.6. The van der Waals surface area contributed by atoms with Crippen LogP contribution in [-0.4, -0.2) is 21.5 Å². The van der Waals surface area contributed by atoms with E-state index in [2.05, 4.69) is 32.1 Å². The minimum atomic E-state index is 0.742. The van der Waals surface area contributed by atoms with Crippen molar-refractivity contribution < 1.29 is 0 Å². The monoisotopic (exact) mass is 280 g/mol. The quantitative estimate of drug-likeness (QED) is 0.592. The minimum Gasteiger partial charge on any atom is -0.368 e. The molecule has 0 unspecified atom stereocenters. The lowest BCUT2D eigenvalue weighted by Crippen LogP contribution is -2.02. The van der Waals surface area contributed by atoms with Gasteiger partial charge in [-0.15, -0.1) is 11.3 Å². The van der Waals surface area contributed by atoms with Gasteiger partial charge in [0.25, 0.3) is 0 Å². The Morgan fingerprint density at radius 3 is 3.05 bits per heavy atom. The number of anilines is 1. The first-order valence-electron chi connectivity index (χ1n) is 6.25. The van der Waals surface area contributed by atoms with Gasteiger partial charge in [-0.25, -0.2) is 15.0 Å². The van der Waals surface area contributed by atoms with Crippen LogP contribution in [0.2, 0.25) is 0 Å². The van der Waals surface area contributed by atoms with Gasteiger partial charge in [-0.05, 0) is 29.5 Å². The van der Waals surface area contributed by atoms with Crippen molar-refractivity contribution in [3.05, 3.63) is 47.9 Å². The molecule has 3 heterocycles. The summed E-state index contributed by atoms with van der Waals surface area (Å²) in [6.07, 6.45) is 4.07. The Kier molecular flexibility index (Phi) is 3.86. The number of pyridine rings is 1. The van der Waals surface area contributed by atoms with Crippen molar-refractivity contribution in [2.24, 2.45) is 0 Å². The smallest absolute Gasteiger partial charge is 0.138 e. The Bertz CT molecular complexity index is 755. The normalized spacial score (nSPS) is 10.0. The van der Waals surface area contributed by atoms with E-state index >= 15 is 0 Å². The van der Waals surface area contributed by atoms with Gasteiger partial charge in [0.1, 0.15) is 22.7 Å². The third-order valence-electron chi connectivity index (χ3n) is 2.69. The summed E-state index contributed by atoms with van der Waals surface area (Å²) in [4.78, 5) is 13.6. The summed E-state index contributed by atoms with van der Waals surface area (Å²) < 4.78 is 0. The van der Waals surface area contributed by atoms with Crippen LogP contribution in [0.3, 0.4) is 0 Å². The molecule has 0 radical (unpaired) electrons. The van der Waals surface area contributed by atoms with Crippen LogP contribution in [0.15, 0.2) is 42.2 Å². The van der Waals surface area contributed by atoms with Crippen LogP contribution in [0.5, 0.6) is 0 Å². The summed E-state index contributed by atoms with van der Waals surface area (Å²) in [5.41, 5.74) is 0.801. The SMILES string of the molecule is C(#Cc1ccccn1)CCNc1ncnc2sccc12. The van der Waals surface area contributed by atoms with Crippen LogP contribution >= 0.6 is 11.3 Å². The number of fused-ring (bicyclic) bond motifs is 1. The molecule has 5 heteroatoms. The number of nitrogens with zero attached hydrogens (tertiary/aromatic N) is 3. The molecule has 0 aromatic carbocycles. The van der Waals surface area contributed by atoms with Gasteiger partial charge in [-0.1, -0.05) is 12.0 Å². The summed E-state index contributed by atoms with van der Waals surface area (Å²) in [5.74, 6) is 7.00. The van der Waals surface area contributed by atoms with Crippen molar-refractivity contribution in [3.63, 3.8) is 0 Å². The maximum Gasteiger partial charge on any atom is 0.138 e. The minimum absolute atomic E-state index is 0.742. The molecular weight excluding hydrogens is 268 g/mol. The number of aromatic nitrogens is 3. The van der Waals surface area contributed by atoms with Crippen LogP contribution in [0, 0.1) is 11.8 Å². The number of rotatable bonds is 3. The zero-order valence-corrected chi connectivity index (χ0v) is 11.5. The van der Waals surface area contributed by atoms with E-state index in [1.807, 2.05) is 29.6 Å². The lowest BCUT2D eigenvalue weighted by Gasteiger charge is -2.03. The first kappa shape index (κ1) is 12.6. The molecule has 0 saturated carbocycles. The largest absolute Gasteiger partial charge is 0.368 e. The molecule has 0 bridgehead atoms. The van der Waals surface area contributed by atoms with E-state index in [0.29, 0.717) is 0 Å². The van der Waals surface area contributed by atoms with Gasteiger partial charge >= 0.3 is 0 Å². The Morgan fingerprint density at radius 2 is 2.15 bits per heavy atom. The van der Waals surface area contributed by atoms with Crippen molar-refractivity contribution in [3.8, 4) is 11.8 Å². The van der Waals surface area contributed by atoms with E-state index in [0.717, 1.165) is 34.7 Å². The molecule has 1 N–H and O–H groups in total. The number of nitrogens with one attached hydrogen (secondary N) is 1. The molecule has 4 nitrogen and oxygen atoms in total. The lowest BCUT2D eigenvalue weighted by atomic mass is 10.3. The maximum absolute atomic E-state index is 4.26. The summed E-state index contributed by atoms with van der Waals surface area (Å²) in [7, 11) is 0. The molecule has 0 spiro atoms. The molecule has 0 amide bonds. The highest BCUT2D eigenvalue weighted by Gasteiger charge is 2.02. The Hall–Kier alpha value is -2.45. The highest BCUT2D eigenvalue weighted by atomic mass is 32.1. The van der Waals surface area contributed by atoms with Gasteiger partial charge in [-0.3, -0.25) is 0 Å². The fourth-order valence-corrected chi connectivity index (χ4v) is 2.50. The average Bonchev–Trinajstić information content (AvgIpc) is 2.97. The second kappa shape index (κ2) is 6.13. The molecule has 0 aliphatic heterocycles. The number of hydrogen-bond donors (Lipinski definition) is 1. The van der Waals surface area contributed by atoms with E-state index in [-0.39, 0.29) is 0 Å². The molecule has 98 valence electrons. The Labute approximate surface area is 120 Å². The third kappa shape index (κ3) is 2.92. The fraction of sp³-hybridized carbons (Fsp3) is 0.133. The summed E-state index contributed by atoms with van der Waals surface area (Å²) in [6.45, 7) is 0.752. The Morgan fingerprint density at radius 1 is 1.15 bits per heavy atom. The molecule has 3 aromatic heterocycles. The van der Waals surface area contributed by atoms with Gasteiger partial charge in [0, 0.05) is 19.2 Å². The molecule has 0 atom stereocenters. The van der Waals surface area contributed by atoms with E-state index in [1.165, 1.54) is 0 Å². The highest BCUT2D eigenvalue weighted by molar-refractivity contribution is 7.16. The van der Waals surface area contributed by atoms with Crippen molar-refractivity contribution in [2.45, 2.75) is 6.42 Å². The van der Waals surface area contributed by atoms with Gasteiger partial charge < -0.3 is 5.32 Å². The van der Waals surface area contributed by atoms with Gasteiger partial charge in [-0.2, -0.15) is 0 Å². The van der Waals surface area contributed by atoms with Crippen LogP contribution in [0.25, 0.3) is 10.2 Å². The van der Waals surface area contributed by atoms with E-state index < -0.39 is 0 Å². The zero-order valence-electron chi connectivity index (χ0n) is 10.7. The van der Waals surface area contributed by atoms with E-state index in [1.54, 1.807) is 23.9 Å². The van der Waals surface area contributed by atoms with Crippen molar-refractivity contribution in [1.82, 2.24) is 15.0 Å². The summed E-state index contributed by atoms with van der Waals surface area (Å²) in [6, 6.07) is 7.75. The van der Waals surface area contributed by atoms with Gasteiger partial charge in [0.2, 0.25) is 0 Å². The second-order valence-corrected chi connectivity index (χ2v) is 4.95. The first-order chi connectivity index (χ1) is 9.93. The summed E-state index contributed by atoms with van der Waals surface area (Å²) >= 11 is 1.62. The molecule has 0 saturated heterocycles. The fourth-order valence-electron chi connectivity index (χ4n) is 1.76. The number of thiophene rings is 1. The molecule has 20 heavy (non-hydrogen) atoms. The first-order valence-corrected chi connectivity index (χ1v) is 7.13. The lowest BCUT2D eigenvalue weighted by molar-refractivity contribution is 1.07. The summed E-state index contributed by atoms with van der Waals surface area (Å²) in [5, 5.41) is 6.38. The maximum atomic E-state index is 4.26.